The van der Waals surface area contributed by atoms with Gasteiger partial charge in [0.1, 0.15) is 0 Å². The maximum absolute atomic E-state index is 14.3. The molecule has 1 unspecified atom stereocenters. The van der Waals surface area contributed by atoms with Crippen molar-refractivity contribution in [2.75, 3.05) is 14.2 Å². The maximum atomic E-state index is 14.3. The summed E-state index contributed by atoms with van der Waals surface area (Å²) in [7, 11) is 5.13. The van der Waals surface area contributed by atoms with Crippen molar-refractivity contribution in [3.05, 3.63) is 47.0 Å². The fraction of sp³-hybridized carbons (Fsp3) is 0.357. The molecule has 0 spiro atoms. The molecule has 2 aromatic rings. The lowest BCUT2D eigenvalue weighted by Crippen LogP contribution is -2.20. The predicted molar refractivity (Wildman–Crippen MR) is 71.8 cm³/mol. The predicted octanol–water partition coefficient (Wildman–Crippen LogP) is 2.19. The highest BCUT2D eigenvalue weighted by Gasteiger charge is 2.21. The zero-order valence-corrected chi connectivity index (χ0v) is 11.6. The smallest absolute Gasteiger partial charge is 0.170 e. The number of hydrogen-bond donors (Lipinski definition) is 1. The third-order valence-electron chi connectivity index (χ3n) is 3.40. The van der Waals surface area contributed by atoms with Crippen LogP contribution in [-0.2, 0) is 7.05 Å². The molecule has 4 nitrogen and oxygen atoms in total. The number of hydrogen-bond acceptors (Lipinski definition) is 3. The molecule has 2 rings (SSSR count). The Morgan fingerprint density at radius 2 is 2.11 bits per heavy atom. The Morgan fingerprint density at radius 3 is 2.63 bits per heavy atom. The number of aryl methyl sites for hydroxylation is 1. The van der Waals surface area contributed by atoms with Gasteiger partial charge < -0.3 is 10.1 Å². The molecular weight excluding hydrogens is 245 g/mol. The van der Waals surface area contributed by atoms with Gasteiger partial charge >= 0.3 is 0 Å². The van der Waals surface area contributed by atoms with Crippen LogP contribution < -0.4 is 10.1 Å². The minimum atomic E-state index is -0.340. The van der Waals surface area contributed by atoms with E-state index in [0.717, 1.165) is 11.3 Å². The van der Waals surface area contributed by atoms with Crippen LogP contribution in [0, 0.1) is 12.7 Å². The van der Waals surface area contributed by atoms with Gasteiger partial charge in [-0.2, -0.15) is 5.10 Å². The van der Waals surface area contributed by atoms with Crippen LogP contribution in [0.1, 0.15) is 22.9 Å². The molecule has 5 heteroatoms. The average molecular weight is 263 g/mol. The van der Waals surface area contributed by atoms with Crippen molar-refractivity contribution in [1.29, 1.82) is 0 Å². The summed E-state index contributed by atoms with van der Waals surface area (Å²) in [6.07, 6.45) is 1.76. The molecule has 1 N–H and O–H groups in total. The summed E-state index contributed by atoms with van der Waals surface area (Å²) in [6, 6.07) is 4.91. The fourth-order valence-electron chi connectivity index (χ4n) is 2.19. The van der Waals surface area contributed by atoms with Crippen LogP contribution in [0.2, 0.25) is 0 Å². The van der Waals surface area contributed by atoms with Gasteiger partial charge in [-0.1, -0.05) is 12.1 Å². The zero-order valence-electron chi connectivity index (χ0n) is 11.6. The number of aromatic nitrogens is 2. The van der Waals surface area contributed by atoms with Gasteiger partial charge in [-0.05, 0) is 20.0 Å². The van der Waals surface area contributed by atoms with Crippen LogP contribution in [0.15, 0.2) is 24.4 Å². The first-order chi connectivity index (χ1) is 9.10. The van der Waals surface area contributed by atoms with Crippen molar-refractivity contribution < 1.29 is 9.13 Å². The summed E-state index contributed by atoms with van der Waals surface area (Å²) < 4.78 is 21.1. The fourth-order valence-corrected chi connectivity index (χ4v) is 2.19. The van der Waals surface area contributed by atoms with Crippen molar-refractivity contribution in [3.63, 3.8) is 0 Å². The molecule has 0 saturated carbocycles. The van der Waals surface area contributed by atoms with Crippen LogP contribution in [-0.4, -0.2) is 23.9 Å². The Hall–Kier alpha value is -1.88. The molecule has 0 bridgehead atoms. The molecule has 102 valence electrons. The second-order valence-corrected chi connectivity index (χ2v) is 4.39. The van der Waals surface area contributed by atoms with Gasteiger partial charge in [0.2, 0.25) is 0 Å². The average Bonchev–Trinajstić information content (AvgIpc) is 2.74. The van der Waals surface area contributed by atoms with E-state index in [1.54, 1.807) is 36.1 Å². The number of rotatable bonds is 4. The molecule has 0 aliphatic carbocycles. The lowest BCUT2D eigenvalue weighted by atomic mass is 9.98. The molecule has 0 fully saturated rings. The van der Waals surface area contributed by atoms with E-state index in [2.05, 4.69) is 10.4 Å². The number of methoxy groups -OCH3 is 1. The summed E-state index contributed by atoms with van der Waals surface area (Å²) in [5.41, 5.74) is 2.51. The van der Waals surface area contributed by atoms with Crippen LogP contribution in [0.25, 0.3) is 0 Å². The molecular formula is C14H18FN3O. The summed E-state index contributed by atoms with van der Waals surface area (Å²) in [5.74, 6) is -0.0908. The Balaban J connectivity index is 2.51. The number of nitrogens with one attached hydrogen (secondary N) is 1. The number of halogens is 1. The highest BCUT2D eigenvalue weighted by molar-refractivity contribution is 5.39. The van der Waals surface area contributed by atoms with Crippen molar-refractivity contribution in [2.24, 2.45) is 7.05 Å². The van der Waals surface area contributed by atoms with Gasteiger partial charge in [-0.25, -0.2) is 4.39 Å². The van der Waals surface area contributed by atoms with E-state index in [9.17, 15) is 4.39 Å². The molecule has 1 atom stereocenters. The van der Waals surface area contributed by atoms with Gasteiger partial charge in [0.15, 0.2) is 11.6 Å². The molecule has 0 aliphatic heterocycles. The van der Waals surface area contributed by atoms with E-state index in [1.165, 1.54) is 7.11 Å². The van der Waals surface area contributed by atoms with E-state index >= 15 is 0 Å². The largest absolute Gasteiger partial charge is 0.494 e. The molecule has 1 aromatic carbocycles. The van der Waals surface area contributed by atoms with Crippen molar-refractivity contribution in [2.45, 2.75) is 13.0 Å². The summed E-state index contributed by atoms with van der Waals surface area (Å²) in [6.45, 7) is 1.96. The second kappa shape index (κ2) is 5.40. The summed E-state index contributed by atoms with van der Waals surface area (Å²) in [4.78, 5) is 0. The number of ether oxygens (including phenoxy) is 1. The van der Waals surface area contributed by atoms with E-state index in [4.69, 9.17) is 4.74 Å². The molecule has 1 aromatic heterocycles. The van der Waals surface area contributed by atoms with Gasteiger partial charge in [0.25, 0.3) is 0 Å². The normalized spacial score (nSPS) is 12.5. The Kier molecular flexibility index (Phi) is 3.85. The highest BCUT2D eigenvalue weighted by Crippen LogP contribution is 2.30. The van der Waals surface area contributed by atoms with Crippen LogP contribution in [0.3, 0.4) is 0 Å². The zero-order chi connectivity index (χ0) is 14.0. The molecule has 0 aliphatic rings. The van der Waals surface area contributed by atoms with E-state index < -0.39 is 0 Å². The first-order valence-corrected chi connectivity index (χ1v) is 6.08. The first-order valence-electron chi connectivity index (χ1n) is 6.08. The van der Waals surface area contributed by atoms with Gasteiger partial charge in [-0.15, -0.1) is 0 Å². The molecule has 0 amide bonds. The second-order valence-electron chi connectivity index (χ2n) is 4.39. The van der Waals surface area contributed by atoms with Crippen LogP contribution in [0.4, 0.5) is 4.39 Å². The SMILES string of the molecule is CNC(c1cccc(OC)c1F)c1cnn(C)c1C. The quantitative estimate of drug-likeness (QED) is 0.919. The third kappa shape index (κ3) is 2.33. The van der Waals surface area contributed by atoms with Gasteiger partial charge in [0.05, 0.1) is 19.3 Å². The van der Waals surface area contributed by atoms with Gasteiger partial charge in [-0.3, -0.25) is 4.68 Å². The van der Waals surface area contributed by atoms with E-state index in [-0.39, 0.29) is 17.6 Å². The Bertz CT molecular complexity index is 580. The molecule has 0 saturated heterocycles. The third-order valence-corrected chi connectivity index (χ3v) is 3.40. The van der Waals surface area contributed by atoms with Crippen molar-refractivity contribution >= 4 is 0 Å². The first kappa shape index (κ1) is 13.5. The van der Waals surface area contributed by atoms with Crippen molar-refractivity contribution in [3.8, 4) is 5.75 Å². The lowest BCUT2D eigenvalue weighted by molar-refractivity contribution is 0.382. The van der Waals surface area contributed by atoms with Crippen molar-refractivity contribution in [1.82, 2.24) is 15.1 Å². The molecule has 0 radical (unpaired) electrons. The topological polar surface area (TPSA) is 39.1 Å². The highest BCUT2D eigenvalue weighted by atomic mass is 19.1. The number of nitrogens with zero attached hydrogens (tertiary/aromatic N) is 2. The van der Waals surface area contributed by atoms with E-state index in [1.807, 2.05) is 14.0 Å². The minimum absolute atomic E-state index is 0.246. The van der Waals surface area contributed by atoms with Gasteiger partial charge in [0, 0.05) is 23.9 Å². The summed E-state index contributed by atoms with van der Waals surface area (Å²) >= 11 is 0. The molecule has 19 heavy (non-hydrogen) atoms. The molecule has 1 heterocycles. The lowest BCUT2D eigenvalue weighted by Gasteiger charge is -2.18. The summed E-state index contributed by atoms with van der Waals surface area (Å²) in [5, 5.41) is 7.34. The van der Waals surface area contributed by atoms with E-state index in [0.29, 0.717) is 5.56 Å². The standard InChI is InChI=1S/C14H18FN3O/c1-9-11(8-17-18(9)3)14(16-2)10-6-5-7-12(19-4)13(10)15/h5-8,14,16H,1-4H3. The Morgan fingerprint density at radius 1 is 1.37 bits per heavy atom. The monoisotopic (exact) mass is 263 g/mol. The van der Waals surface area contributed by atoms with Crippen LogP contribution >= 0.6 is 0 Å². The van der Waals surface area contributed by atoms with Crippen LogP contribution in [0.5, 0.6) is 5.75 Å². The minimum Gasteiger partial charge on any atom is -0.494 e. The Labute approximate surface area is 112 Å². The number of benzene rings is 1. The maximum Gasteiger partial charge on any atom is 0.170 e.